The molecule has 0 aromatic heterocycles. The predicted octanol–water partition coefficient (Wildman–Crippen LogP) is 2.93. The second-order valence-corrected chi connectivity index (χ2v) is 5.90. The fourth-order valence-corrected chi connectivity index (χ4v) is 2.45. The molecule has 138 valence electrons. The summed E-state index contributed by atoms with van der Waals surface area (Å²) in [6.45, 7) is 0.862. The van der Waals surface area contributed by atoms with Crippen molar-refractivity contribution >= 4 is 11.9 Å². The zero-order valence-corrected chi connectivity index (χ0v) is 14.4. The first-order chi connectivity index (χ1) is 12.6. The SMILES string of the molecule is O=C(CCCOCc1ccccc1)N[C@H](Cc1ccccc1F)C(=O)O. The van der Waals surface area contributed by atoms with E-state index in [2.05, 4.69) is 5.32 Å². The second kappa shape index (κ2) is 10.3. The molecule has 2 aromatic rings. The van der Waals surface area contributed by atoms with Crippen molar-refractivity contribution < 1.29 is 23.8 Å². The molecule has 2 rings (SSSR count). The molecule has 0 aliphatic carbocycles. The number of aliphatic carboxylic acids is 1. The van der Waals surface area contributed by atoms with E-state index in [0.29, 0.717) is 19.6 Å². The topological polar surface area (TPSA) is 75.6 Å². The maximum atomic E-state index is 13.7. The largest absolute Gasteiger partial charge is 0.480 e. The monoisotopic (exact) mass is 359 g/mol. The van der Waals surface area contributed by atoms with Crippen LogP contribution in [0.5, 0.6) is 0 Å². The van der Waals surface area contributed by atoms with Gasteiger partial charge in [-0.25, -0.2) is 9.18 Å². The van der Waals surface area contributed by atoms with Crippen molar-refractivity contribution in [2.45, 2.75) is 31.9 Å². The van der Waals surface area contributed by atoms with Crippen molar-refractivity contribution in [3.8, 4) is 0 Å². The Labute approximate surface area is 151 Å². The van der Waals surface area contributed by atoms with Crippen LogP contribution < -0.4 is 5.32 Å². The zero-order chi connectivity index (χ0) is 18.8. The molecule has 0 bridgehead atoms. The van der Waals surface area contributed by atoms with Gasteiger partial charge >= 0.3 is 5.97 Å². The average Bonchev–Trinajstić information content (AvgIpc) is 2.63. The van der Waals surface area contributed by atoms with E-state index in [1.54, 1.807) is 6.07 Å². The molecule has 6 heteroatoms. The van der Waals surface area contributed by atoms with Gasteiger partial charge in [0.15, 0.2) is 0 Å². The normalized spacial score (nSPS) is 11.7. The number of carbonyl (C=O) groups excluding carboxylic acids is 1. The lowest BCUT2D eigenvalue weighted by Gasteiger charge is -2.15. The van der Waals surface area contributed by atoms with Gasteiger partial charge in [-0.05, 0) is 23.6 Å². The summed E-state index contributed by atoms with van der Waals surface area (Å²) in [6.07, 6.45) is 0.527. The Bertz CT molecular complexity index is 721. The Morgan fingerprint density at radius 1 is 1.08 bits per heavy atom. The fraction of sp³-hybridized carbons (Fsp3) is 0.300. The highest BCUT2D eigenvalue weighted by Gasteiger charge is 2.21. The molecule has 0 spiro atoms. The Balaban J connectivity index is 1.72. The van der Waals surface area contributed by atoms with Crippen molar-refractivity contribution in [2.75, 3.05) is 6.61 Å². The summed E-state index contributed by atoms with van der Waals surface area (Å²) in [5.41, 5.74) is 1.30. The average molecular weight is 359 g/mol. The minimum atomic E-state index is -1.19. The van der Waals surface area contributed by atoms with E-state index in [1.165, 1.54) is 18.2 Å². The number of ether oxygens (including phenoxy) is 1. The van der Waals surface area contributed by atoms with Gasteiger partial charge in [0.2, 0.25) is 5.91 Å². The molecule has 0 saturated heterocycles. The minimum Gasteiger partial charge on any atom is -0.480 e. The minimum absolute atomic E-state index is 0.0990. The van der Waals surface area contributed by atoms with E-state index >= 15 is 0 Å². The van der Waals surface area contributed by atoms with Crippen LogP contribution in [-0.4, -0.2) is 29.6 Å². The number of nitrogens with one attached hydrogen (secondary N) is 1. The molecule has 26 heavy (non-hydrogen) atoms. The van der Waals surface area contributed by atoms with E-state index in [-0.39, 0.29) is 18.4 Å². The summed E-state index contributed by atoms with van der Waals surface area (Å²) in [5, 5.41) is 11.7. The molecule has 0 saturated carbocycles. The number of carboxylic acids is 1. The highest BCUT2D eigenvalue weighted by Crippen LogP contribution is 2.10. The van der Waals surface area contributed by atoms with Gasteiger partial charge in [0.25, 0.3) is 0 Å². The summed E-state index contributed by atoms with van der Waals surface area (Å²) < 4.78 is 19.1. The van der Waals surface area contributed by atoms with E-state index < -0.39 is 23.7 Å². The molecule has 0 aliphatic rings. The van der Waals surface area contributed by atoms with Crippen molar-refractivity contribution in [3.63, 3.8) is 0 Å². The van der Waals surface area contributed by atoms with Gasteiger partial charge < -0.3 is 15.2 Å². The van der Waals surface area contributed by atoms with Gasteiger partial charge in [-0.1, -0.05) is 48.5 Å². The third-order valence-corrected chi connectivity index (χ3v) is 3.82. The highest BCUT2D eigenvalue weighted by molar-refractivity contribution is 5.83. The lowest BCUT2D eigenvalue weighted by atomic mass is 10.1. The van der Waals surface area contributed by atoms with Crippen LogP contribution in [0.25, 0.3) is 0 Å². The summed E-state index contributed by atoms with van der Waals surface area (Å²) >= 11 is 0. The van der Waals surface area contributed by atoms with E-state index in [0.717, 1.165) is 5.56 Å². The summed E-state index contributed by atoms with van der Waals surface area (Å²) in [7, 11) is 0. The highest BCUT2D eigenvalue weighted by atomic mass is 19.1. The first-order valence-corrected chi connectivity index (χ1v) is 8.43. The number of amides is 1. The van der Waals surface area contributed by atoms with Gasteiger partial charge in [0.1, 0.15) is 11.9 Å². The Kier molecular flexibility index (Phi) is 7.76. The number of rotatable bonds is 10. The van der Waals surface area contributed by atoms with Crippen LogP contribution in [-0.2, 0) is 27.4 Å². The predicted molar refractivity (Wildman–Crippen MR) is 95.0 cm³/mol. The van der Waals surface area contributed by atoms with Crippen LogP contribution in [0.4, 0.5) is 4.39 Å². The number of carboxylic acid groups (broad SMARTS) is 1. The van der Waals surface area contributed by atoms with Gasteiger partial charge in [0, 0.05) is 19.4 Å². The first-order valence-electron chi connectivity index (χ1n) is 8.43. The van der Waals surface area contributed by atoms with Crippen LogP contribution in [0.15, 0.2) is 54.6 Å². The third kappa shape index (κ3) is 6.64. The number of hydrogen-bond donors (Lipinski definition) is 2. The smallest absolute Gasteiger partial charge is 0.326 e. The molecule has 5 nitrogen and oxygen atoms in total. The van der Waals surface area contributed by atoms with Crippen LogP contribution in [0.1, 0.15) is 24.0 Å². The summed E-state index contributed by atoms with van der Waals surface area (Å²) in [5.74, 6) is -2.07. The van der Waals surface area contributed by atoms with Gasteiger partial charge in [0.05, 0.1) is 6.61 Å². The Hall–Kier alpha value is -2.73. The molecule has 0 heterocycles. The summed E-state index contributed by atoms with van der Waals surface area (Å²) in [4.78, 5) is 23.3. The quantitative estimate of drug-likeness (QED) is 0.640. The molecule has 0 unspecified atom stereocenters. The number of hydrogen-bond acceptors (Lipinski definition) is 3. The van der Waals surface area contributed by atoms with E-state index in [1.807, 2.05) is 30.3 Å². The van der Waals surface area contributed by atoms with Crippen LogP contribution in [0, 0.1) is 5.82 Å². The lowest BCUT2D eigenvalue weighted by molar-refractivity contribution is -0.141. The maximum absolute atomic E-state index is 13.7. The van der Waals surface area contributed by atoms with Crippen molar-refractivity contribution in [3.05, 3.63) is 71.5 Å². The molecular formula is C20H22FNO4. The first kappa shape index (κ1) is 19.6. The fourth-order valence-electron chi connectivity index (χ4n) is 2.45. The Morgan fingerprint density at radius 2 is 1.77 bits per heavy atom. The van der Waals surface area contributed by atoms with Gasteiger partial charge in [-0.15, -0.1) is 0 Å². The van der Waals surface area contributed by atoms with Crippen LogP contribution >= 0.6 is 0 Å². The Morgan fingerprint density at radius 3 is 2.46 bits per heavy atom. The maximum Gasteiger partial charge on any atom is 0.326 e. The number of carbonyl (C=O) groups is 2. The van der Waals surface area contributed by atoms with Gasteiger partial charge in [-0.2, -0.15) is 0 Å². The molecule has 2 aromatic carbocycles. The number of benzene rings is 2. The molecule has 1 amide bonds. The molecule has 1 atom stereocenters. The number of halogens is 1. The van der Waals surface area contributed by atoms with Crippen molar-refractivity contribution in [1.29, 1.82) is 0 Å². The van der Waals surface area contributed by atoms with Crippen molar-refractivity contribution in [1.82, 2.24) is 5.32 Å². The molecule has 0 fully saturated rings. The van der Waals surface area contributed by atoms with Crippen LogP contribution in [0.3, 0.4) is 0 Å². The third-order valence-electron chi connectivity index (χ3n) is 3.82. The molecule has 2 N–H and O–H groups in total. The molecule has 0 aliphatic heterocycles. The molecule has 0 radical (unpaired) electrons. The van der Waals surface area contributed by atoms with E-state index in [4.69, 9.17) is 4.74 Å². The van der Waals surface area contributed by atoms with Crippen LogP contribution in [0.2, 0.25) is 0 Å². The summed E-state index contributed by atoms with van der Waals surface area (Å²) in [6, 6.07) is 14.4. The standard InChI is InChI=1S/C20H22FNO4/c21-17-10-5-4-9-16(17)13-18(20(24)25)22-19(23)11-6-12-26-14-15-7-2-1-3-8-15/h1-5,7-10,18H,6,11-14H2,(H,22,23)(H,24,25)/t18-/m1/s1. The lowest BCUT2D eigenvalue weighted by Crippen LogP contribution is -2.42. The van der Waals surface area contributed by atoms with Crippen molar-refractivity contribution in [2.24, 2.45) is 0 Å². The second-order valence-electron chi connectivity index (χ2n) is 5.90. The molecular weight excluding hydrogens is 337 g/mol. The van der Waals surface area contributed by atoms with Gasteiger partial charge in [-0.3, -0.25) is 4.79 Å². The van der Waals surface area contributed by atoms with E-state index in [9.17, 15) is 19.1 Å². The zero-order valence-electron chi connectivity index (χ0n) is 14.4.